The number of nitrogens with zero attached hydrogens (tertiary/aromatic N) is 3. The number of aromatic nitrogens is 3. The Morgan fingerprint density at radius 3 is 3.06 bits per heavy atom. The third-order valence-corrected chi connectivity index (χ3v) is 2.43. The van der Waals surface area contributed by atoms with Crippen molar-refractivity contribution < 1.29 is 4.79 Å². The van der Waals surface area contributed by atoms with Crippen LogP contribution in [0.3, 0.4) is 0 Å². The average molecular weight is 245 g/mol. The van der Waals surface area contributed by atoms with E-state index < -0.39 is 0 Å². The highest BCUT2D eigenvalue weighted by molar-refractivity contribution is 5.91. The summed E-state index contributed by atoms with van der Waals surface area (Å²) in [5.41, 5.74) is 6.99. The highest BCUT2D eigenvalue weighted by Gasteiger charge is 2.02. The lowest BCUT2D eigenvalue weighted by Gasteiger charge is -2.05. The van der Waals surface area contributed by atoms with Gasteiger partial charge < -0.3 is 11.1 Å². The standard InChI is InChI=1S/C12H15N5O/c13-10-3-1-4-11(7-10)16-12(18)5-2-6-17-9-14-8-15-17/h1,3-4,7-9H,2,5-6,13H2,(H,16,18). The maximum Gasteiger partial charge on any atom is 0.224 e. The first-order valence-corrected chi connectivity index (χ1v) is 5.72. The molecule has 2 rings (SSSR count). The number of nitrogens with two attached hydrogens (primary N) is 1. The molecule has 1 heterocycles. The van der Waals surface area contributed by atoms with Crippen LogP contribution in [0.5, 0.6) is 0 Å². The molecule has 6 nitrogen and oxygen atoms in total. The molecule has 0 atom stereocenters. The molecular formula is C12H15N5O. The number of nitrogens with one attached hydrogen (secondary N) is 1. The van der Waals surface area contributed by atoms with Crippen molar-refractivity contribution >= 4 is 17.3 Å². The second-order valence-electron chi connectivity index (χ2n) is 3.94. The number of benzene rings is 1. The molecule has 0 saturated heterocycles. The molecule has 1 amide bonds. The Morgan fingerprint density at radius 2 is 2.33 bits per heavy atom. The van der Waals surface area contributed by atoms with Gasteiger partial charge in [-0.05, 0) is 24.6 Å². The van der Waals surface area contributed by atoms with Crippen molar-refractivity contribution in [2.24, 2.45) is 0 Å². The molecule has 0 fully saturated rings. The summed E-state index contributed by atoms with van der Waals surface area (Å²) in [5.74, 6) is -0.0271. The summed E-state index contributed by atoms with van der Waals surface area (Å²) >= 11 is 0. The summed E-state index contributed by atoms with van der Waals surface area (Å²) in [6, 6.07) is 7.13. The lowest BCUT2D eigenvalue weighted by Crippen LogP contribution is -2.12. The maximum atomic E-state index is 11.7. The second kappa shape index (κ2) is 5.81. The van der Waals surface area contributed by atoms with Crippen LogP contribution in [0.2, 0.25) is 0 Å². The van der Waals surface area contributed by atoms with Gasteiger partial charge in [-0.1, -0.05) is 6.07 Å². The Hall–Kier alpha value is -2.37. The normalized spacial score (nSPS) is 10.2. The van der Waals surface area contributed by atoms with E-state index in [9.17, 15) is 4.79 Å². The molecule has 0 saturated carbocycles. The summed E-state index contributed by atoms with van der Waals surface area (Å²) in [5, 5.41) is 6.76. The zero-order chi connectivity index (χ0) is 12.8. The molecule has 0 aliphatic carbocycles. The van der Waals surface area contributed by atoms with Crippen LogP contribution in [0.4, 0.5) is 11.4 Å². The summed E-state index contributed by atoms with van der Waals surface area (Å²) in [7, 11) is 0. The number of carbonyl (C=O) groups excluding carboxylic acids is 1. The van der Waals surface area contributed by atoms with Gasteiger partial charge in [0.2, 0.25) is 5.91 Å². The van der Waals surface area contributed by atoms with Crippen LogP contribution < -0.4 is 11.1 Å². The molecule has 1 aromatic carbocycles. The van der Waals surface area contributed by atoms with Gasteiger partial charge in [0.15, 0.2) is 0 Å². The highest BCUT2D eigenvalue weighted by atomic mass is 16.1. The molecule has 0 radical (unpaired) electrons. The lowest BCUT2D eigenvalue weighted by atomic mass is 10.2. The van der Waals surface area contributed by atoms with Crippen molar-refractivity contribution in [2.75, 3.05) is 11.1 Å². The Bertz CT molecular complexity index is 509. The zero-order valence-corrected chi connectivity index (χ0v) is 9.91. The van der Waals surface area contributed by atoms with Crippen LogP contribution in [-0.2, 0) is 11.3 Å². The van der Waals surface area contributed by atoms with Crippen LogP contribution in [-0.4, -0.2) is 20.7 Å². The summed E-state index contributed by atoms with van der Waals surface area (Å²) in [6.45, 7) is 0.685. The molecule has 94 valence electrons. The van der Waals surface area contributed by atoms with Gasteiger partial charge in [0.1, 0.15) is 12.7 Å². The molecule has 18 heavy (non-hydrogen) atoms. The van der Waals surface area contributed by atoms with Gasteiger partial charge in [0.25, 0.3) is 0 Å². The van der Waals surface area contributed by atoms with E-state index in [1.807, 2.05) is 6.07 Å². The minimum Gasteiger partial charge on any atom is -0.399 e. The lowest BCUT2D eigenvalue weighted by molar-refractivity contribution is -0.116. The average Bonchev–Trinajstić information content (AvgIpc) is 2.82. The van der Waals surface area contributed by atoms with Crippen LogP contribution in [0.1, 0.15) is 12.8 Å². The highest BCUT2D eigenvalue weighted by Crippen LogP contribution is 2.12. The Kier molecular flexibility index (Phi) is 3.90. The van der Waals surface area contributed by atoms with Crippen molar-refractivity contribution in [2.45, 2.75) is 19.4 Å². The van der Waals surface area contributed by atoms with Crippen LogP contribution >= 0.6 is 0 Å². The molecular weight excluding hydrogens is 230 g/mol. The van der Waals surface area contributed by atoms with Crippen molar-refractivity contribution in [3.63, 3.8) is 0 Å². The maximum absolute atomic E-state index is 11.7. The number of aryl methyl sites for hydroxylation is 1. The number of amides is 1. The third-order valence-electron chi connectivity index (χ3n) is 2.43. The molecule has 1 aromatic heterocycles. The van der Waals surface area contributed by atoms with Crippen LogP contribution in [0.25, 0.3) is 0 Å². The first-order chi connectivity index (χ1) is 8.74. The number of carbonyl (C=O) groups is 1. The third kappa shape index (κ3) is 3.58. The van der Waals surface area contributed by atoms with Gasteiger partial charge in [-0.3, -0.25) is 9.48 Å². The second-order valence-corrected chi connectivity index (χ2v) is 3.94. The van der Waals surface area contributed by atoms with E-state index in [0.29, 0.717) is 18.7 Å². The van der Waals surface area contributed by atoms with E-state index in [1.165, 1.54) is 6.33 Å². The van der Waals surface area contributed by atoms with Crippen LogP contribution in [0.15, 0.2) is 36.9 Å². The van der Waals surface area contributed by atoms with Crippen molar-refractivity contribution in [3.8, 4) is 0 Å². The number of hydrogen-bond acceptors (Lipinski definition) is 4. The zero-order valence-electron chi connectivity index (χ0n) is 9.91. The van der Waals surface area contributed by atoms with Gasteiger partial charge >= 0.3 is 0 Å². The van der Waals surface area contributed by atoms with E-state index in [-0.39, 0.29) is 5.91 Å². The predicted octanol–water partition coefficient (Wildman–Crippen LogP) is 1.28. The van der Waals surface area contributed by atoms with E-state index in [1.54, 1.807) is 29.2 Å². The molecule has 0 unspecified atom stereocenters. The molecule has 3 N–H and O–H groups in total. The number of rotatable bonds is 5. The van der Waals surface area contributed by atoms with E-state index >= 15 is 0 Å². The summed E-state index contributed by atoms with van der Waals surface area (Å²) < 4.78 is 1.70. The van der Waals surface area contributed by atoms with Crippen molar-refractivity contribution in [1.29, 1.82) is 0 Å². The fourth-order valence-electron chi connectivity index (χ4n) is 1.59. The van der Waals surface area contributed by atoms with Crippen molar-refractivity contribution in [1.82, 2.24) is 14.8 Å². The molecule has 0 aliphatic rings. The fraction of sp³-hybridized carbons (Fsp3) is 0.250. The van der Waals surface area contributed by atoms with E-state index in [4.69, 9.17) is 5.73 Å². The Labute approximate surface area is 105 Å². The predicted molar refractivity (Wildman–Crippen MR) is 68.7 cm³/mol. The van der Waals surface area contributed by atoms with Gasteiger partial charge in [0.05, 0.1) is 0 Å². The van der Waals surface area contributed by atoms with Gasteiger partial charge in [-0.15, -0.1) is 0 Å². The fourth-order valence-corrected chi connectivity index (χ4v) is 1.59. The largest absolute Gasteiger partial charge is 0.399 e. The quantitative estimate of drug-likeness (QED) is 0.777. The number of anilines is 2. The molecule has 2 aromatic rings. The van der Waals surface area contributed by atoms with Gasteiger partial charge in [-0.2, -0.15) is 5.10 Å². The summed E-state index contributed by atoms with van der Waals surface area (Å²) in [4.78, 5) is 15.5. The summed E-state index contributed by atoms with van der Waals surface area (Å²) in [6.07, 6.45) is 4.27. The number of nitrogen functional groups attached to an aromatic ring is 1. The SMILES string of the molecule is Nc1cccc(NC(=O)CCCn2cncn2)c1. The molecule has 6 heteroatoms. The molecule has 0 bridgehead atoms. The van der Waals surface area contributed by atoms with Crippen molar-refractivity contribution in [3.05, 3.63) is 36.9 Å². The Morgan fingerprint density at radius 1 is 1.44 bits per heavy atom. The van der Waals surface area contributed by atoms with E-state index in [2.05, 4.69) is 15.4 Å². The molecule has 0 spiro atoms. The first kappa shape index (κ1) is 12.1. The van der Waals surface area contributed by atoms with Crippen LogP contribution in [0, 0.1) is 0 Å². The van der Waals surface area contributed by atoms with E-state index in [0.717, 1.165) is 12.1 Å². The first-order valence-electron chi connectivity index (χ1n) is 5.72. The monoisotopic (exact) mass is 245 g/mol. The number of hydrogen-bond donors (Lipinski definition) is 2. The Balaban J connectivity index is 1.75. The van der Waals surface area contributed by atoms with Gasteiger partial charge in [-0.25, -0.2) is 4.98 Å². The molecule has 0 aliphatic heterocycles. The minimum absolute atomic E-state index is 0.0271. The topological polar surface area (TPSA) is 85.8 Å². The smallest absolute Gasteiger partial charge is 0.224 e. The van der Waals surface area contributed by atoms with Gasteiger partial charge in [0, 0.05) is 24.3 Å². The minimum atomic E-state index is -0.0271.